The van der Waals surface area contributed by atoms with E-state index in [1.54, 1.807) is 6.08 Å². The molecule has 0 saturated heterocycles. The predicted molar refractivity (Wildman–Crippen MR) is 90.1 cm³/mol. The minimum absolute atomic E-state index is 0.129. The third-order valence-electron chi connectivity index (χ3n) is 2.45. The van der Waals surface area contributed by atoms with Gasteiger partial charge in [0.25, 0.3) is 0 Å². The number of carbonyl (C=O) groups is 1. The number of allylic oxidation sites excluding steroid dienone is 1. The molecular formula is C17H24ClNO2. The smallest absolute Gasteiger partial charge is 0.167 e. The van der Waals surface area contributed by atoms with Gasteiger partial charge in [0.2, 0.25) is 0 Å². The topological polar surface area (TPSA) is 50.1 Å². The first-order valence-electron chi connectivity index (χ1n) is 6.83. The number of ether oxygens (including phenoxy) is 1. The fourth-order valence-electron chi connectivity index (χ4n) is 1.27. The van der Waals surface area contributed by atoms with Crippen molar-refractivity contribution >= 4 is 29.9 Å². The lowest BCUT2D eigenvalue weighted by Crippen LogP contribution is -2.17. The van der Waals surface area contributed by atoms with E-state index in [2.05, 4.69) is 0 Å². The zero-order valence-corrected chi connectivity index (χ0v) is 14.1. The highest BCUT2D eigenvalue weighted by molar-refractivity contribution is 6.30. The van der Waals surface area contributed by atoms with Crippen LogP contribution in [0.25, 0.3) is 6.08 Å². The number of benzene rings is 1. The molecule has 1 aromatic rings. The van der Waals surface area contributed by atoms with Gasteiger partial charge in [-0.2, -0.15) is 0 Å². The summed E-state index contributed by atoms with van der Waals surface area (Å²) in [5.74, 6) is 0.129. The van der Waals surface area contributed by atoms with Gasteiger partial charge in [-0.1, -0.05) is 30.7 Å². The van der Waals surface area contributed by atoms with Crippen LogP contribution < -0.4 is 0 Å². The summed E-state index contributed by atoms with van der Waals surface area (Å²) in [5, 5.41) is 7.20. The predicted octanol–water partition coefficient (Wildman–Crippen LogP) is 5.05. The van der Waals surface area contributed by atoms with Crippen molar-refractivity contribution in [3.8, 4) is 0 Å². The first kappa shape index (κ1) is 19.4. The maximum absolute atomic E-state index is 11.1. The third kappa shape index (κ3) is 9.85. The fourth-order valence-corrected chi connectivity index (χ4v) is 1.45. The summed E-state index contributed by atoms with van der Waals surface area (Å²) in [5.41, 5.74) is 1.93. The number of rotatable bonds is 4. The molecule has 0 radical (unpaired) electrons. The second-order valence-corrected chi connectivity index (χ2v) is 5.94. The van der Waals surface area contributed by atoms with Gasteiger partial charge >= 0.3 is 0 Å². The molecule has 1 aromatic carbocycles. The highest BCUT2D eigenvalue weighted by Crippen LogP contribution is 2.16. The Morgan fingerprint density at radius 3 is 2.43 bits per heavy atom. The van der Waals surface area contributed by atoms with Gasteiger partial charge in [0, 0.05) is 11.4 Å². The Bertz CT molecular complexity index is 502. The van der Waals surface area contributed by atoms with Gasteiger partial charge in [-0.3, -0.25) is 10.2 Å². The zero-order valence-electron chi connectivity index (χ0n) is 13.4. The number of nitrogens with one attached hydrogen (secondary N) is 1. The molecule has 116 valence electrons. The van der Waals surface area contributed by atoms with Crippen LogP contribution in [0.1, 0.15) is 45.2 Å². The highest BCUT2D eigenvalue weighted by Gasteiger charge is 2.06. The van der Waals surface area contributed by atoms with E-state index in [-0.39, 0.29) is 11.4 Å². The van der Waals surface area contributed by atoms with E-state index < -0.39 is 0 Å². The van der Waals surface area contributed by atoms with Gasteiger partial charge in [-0.25, -0.2) is 0 Å². The first-order chi connectivity index (χ1) is 9.69. The molecule has 0 aliphatic carbocycles. The zero-order chi connectivity index (χ0) is 16.5. The molecule has 1 rings (SSSR count). The van der Waals surface area contributed by atoms with Crippen LogP contribution in [-0.2, 0) is 9.53 Å². The van der Waals surface area contributed by atoms with E-state index in [4.69, 9.17) is 21.7 Å². The summed E-state index contributed by atoms with van der Waals surface area (Å²) in [6.45, 7) is 9.54. The largest absolute Gasteiger partial charge is 0.478 e. The highest BCUT2D eigenvalue weighted by atomic mass is 35.5. The van der Waals surface area contributed by atoms with Crippen molar-refractivity contribution in [1.82, 2.24) is 0 Å². The van der Waals surface area contributed by atoms with Gasteiger partial charge in [0.1, 0.15) is 5.60 Å². The van der Waals surface area contributed by atoms with Crippen LogP contribution in [0.4, 0.5) is 0 Å². The number of ketones is 1. The lowest BCUT2D eigenvalue weighted by Gasteiger charge is -2.15. The van der Waals surface area contributed by atoms with Crippen LogP contribution in [0.5, 0.6) is 0 Å². The van der Waals surface area contributed by atoms with E-state index in [1.807, 2.05) is 58.9 Å². The van der Waals surface area contributed by atoms with E-state index in [0.717, 1.165) is 17.5 Å². The molecule has 0 bridgehead atoms. The maximum Gasteiger partial charge on any atom is 0.167 e. The molecule has 21 heavy (non-hydrogen) atoms. The molecule has 0 aliphatic rings. The standard InChI is InChI=1S/C12H13ClO.C5H11NO/c1-3-12(14)7-5-10-8-11(13)6-4-9(10)2;1-5(2,3)7-4-6/h4-8H,3H2,1-2H3;4,6H,1-3H3/b7-5+;. The van der Waals surface area contributed by atoms with E-state index in [1.165, 1.54) is 0 Å². The number of aryl methyl sites for hydroxylation is 1. The molecule has 0 aromatic heterocycles. The molecule has 3 nitrogen and oxygen atoms in total. The molecular weight excluding hydrogens is 286 g/mol. The maximum atomic E-state index is 11.1. The van der Waals surface area contributed by atoms with Crippen LogP contribution in [0.2, 0.25) is 5.02 Å². The third-order valence-corrected chi connectivity index (χ3v) is 2.69. The number of halogens is 1. The molecule has 4 heteroatoms. The molecule has 1 N–H and O–H groups in total. The van der Waals surface area contributed by atoms with Crippen LogP contribution in [-0.4, -0.2) is 17.8 Å². The van der Waals surface area contributed by atoms with Crippen molar-refractivity contribution in [2.75, 3.05) is 0 Å². The van der Waals surface area contributed by atoms with Gasteiger partial charge in [0.15, 0.2) is 12.2 Å². The summed E-state index contributed by atoms with van der Waals surface area (Å²) in [6.07, 6.45) is 4.90. The quantitative estimate of drug-likeness (QED) is 0.480. The van der Waals surface area contributed by atoms with Gasteiger partial charge in [-0.15, -0.1) is 0 Å². The van der Waals surface area contributed by atoms with Gasteiger partial charge in [-0.05, 0) is 57.0 Å². The van der Waals surface area contributed by atoms with Crippen LogP contribution in [0.15, 0.2) is 24.3 Å². The van der Waals surface area contributed by atoms with Crippen molar-refractivity contribution in [3.63, 3.8) is 0 Å². The average molecular weight is 310 g/mol. The normalized spacial score (nSPS) is 10.8. The molecule has 0 spiro atoms. The lowest BCUT2D eigenvalue weighted by molar-refractivity contribution is -0.114. The van der Waals surface area contributed by atoms with E-state index >= 15 is 0 Å². The molecule has 0 amide bonds. The average Bonchev–Trinajstić information content (AvgIpc) is 2.38. The Hall–Kier alpha value is -1.61. The summed E-state index contributed by atoms with van der Waals surface area (Å²) in [4.78, 5) is 11.1. The van der Waals surface area contributed by atoms with Crippen molar-refractivity contribution in [3.05, 3.63) is 40.4 Å². The summed E-state index contributed by atoms with van der Waals surface area (Å²) >= 11 is 5.85. The number of hydrogen-bond acceptors (Lipinski definition) is 3. The van der Waals surface area contributed by atoms with Gasteiger partial charge < -0.3 is 4.74 Å². The van der Waals surface area contributed by atoms with E-state index in [9.17, 15) is 4.79 Å². The Morgan fingerprint density at radius 2 is 2.00 bits per heavy atom. The Morgan fingerprint density at radius 1 is 1.38 bits per heavy atom. The SMILES string of the molecule is CC(C)(C)OC=N.CCC(=O)/C=C/c1cc(Cl)ccc1C. The van der Waals surface area contributed by atoms with Crippen molar-refractivity contribution < 1.29 is 9.53 Å². The second kappa shape index (κ2) is 9.35. The monoisotopic (exact) mass is 309 g/mol. The molecule has 0 atom stereocenters. The minimum Gasteiger partial charge on any atom is -0.478 e. The van der Waals surface area contributed by atoms with Crippen molar-refractivity contribution in [2.24, 2.45) is 0 Å². The van der Waals surface area contributed by atoms with Crippen LogP contribution in [0.3, 0.4) is 0 Å². The summed E-state index contributed by atoms with van der Waals surface area (Å²) in [6, 6.07) is 5.64. The molecule has 0 heterocycles. The van der Waals surface area contributed by atoms with E-state index in [0.29, 0.717) is 11.4 Å². The first-order valence-corrected chi connectivity index (χ1v) is 7.21. The summed E-state index contributed by atoms with van der Waals surface area (Å²) in [7, 11) is 0. The van der Waals surface area contributed by atoms with Crippen molar-refractivity contribution in [1.29, 1.82) is 5.41 Å². The Labute approximate surface area is 132 Å². The van der Waals surface area contributed by atoms with Crippen LogP contribution in [0, 0.1) is 12.3 Å². The molecule has 0 saturated carbocycles. The van der Waals surface area contributed by atoms with Crippen molar-refractivity contribution in [2.45, 2.75) is 46.6 Å². The molecule has 0 unspecified atom stereocenters. The minimum atomic E-state index is -0.193. The summed E-state index contributed by atoms with van der Waals surface area (Å²) < 4.78 is 4.77. The second-order valence-electron chi connectivity index (χ2n) is 5.50. The molecule has 0 aliphatic heterocycles. The van der Waals surface area contributed by atoms with Crippen LogP contribution >= 0.6 is 11.6 Å². The number of carbonyl (C=O) groups excluding carboxylic acids is 1. The number of hydrogen-bond donors (Lipinski definition) is 1. The molecule has 0 fully saturated rings. The Balaban J connectivity index is 0.000000486. The fraction of sp³-hybridized carbons (Fsp3) is 0.412. The Kier molecular flexibility index (Phi) is 8.63. The lowest BCUT2D eigenvalue weighted by atomic mass is 10.1. The van der Waals surface area contributed by atoms with Gasteiger partial charge in [0.05, 0.1) is 0 Å².